The number of aliphatic carboxylic acids is 1. The zero-order chi connectivity index (χ0) is 12.6. The van der Waals surface area contributed by atoms with E-state index >= 15 is 0 Å². The predicted octanol–water partition coefficient (Wildman–Crippen LogP) is 0.474. The van der Waals surface area contributed by atoms with Crippen molar-refractivity contribution >= 4 is 5.97 Å². The maximum atomic E-state index is 10.9. The summed E-state index contributed by atoms with van der Waals surface area (Å²) < 4.78 is 4.83. The second-order valence-corrected chi connectivity index (χ2v) is 4.09. The third-order valence-corrected chi connectivity index (χ3v) is 3.19. The third kappa shape index (κ3) is 4.47. The average Bonchev–Trinajstić information content (AvgIpc) is 2.29. The van der Waals surface area contributed by atoms with Crippen molar-refractivity contribution < 1.29 is 19.7 Å². The van der Waals surface area contributed by atoms with Crippen molar-refractivity contribution in [2.75, 3.05) is 26.9 Å². The number of nitrogens with one attached hydrogen (secondary N) is 1. The lowest BCUT2D eigenvalue weighted by molar-refractivity contribution is -0.141. The highest BCUT2D eigenvalue weighted by Crippen LogP contribution is 2.24. The summed E-state index contributed by atoms with van der Waals surface area (Å²) in [6, 6.07) is -0.714. The first-order valence-electron chi connectivity index (χ1n) is 5.61. The van der Waals surface area contributed by atoms with Crippen molar-refractivity contribution in [1.29, 1.82) is 0 Å². The van der Waals surface area contributed by atoms with Crippen LogP contribution < -0.4 is 5.32 Å². The van der Waals surface area contributed by atoms with Gasteiger partial charge in [0.2, 0.25) is 0 Å². The van der Waals surface area contributed by atoms with Crippen LogP contribution in [0.1, 0.15) is 26.7 Å². The molecule has 0 saturated carbocycles. The summed E-state index contributed by atoms with van der Waals surface area (Å²) in [5, 5.41) is 21.2. The van der Waals surface area contributed by atoms with E-state index in [1.807, 2.05) is 13.8 Å². The van der Waals surface area contributed by atoms with Crippen molar-refractivity contribution in [3.63, 3.8) is 0 Å². The fourth-order valence-corrected chi connectivity index (χ4v) is 1.50. The van der Waals surface area contributed by atoms with Gasteiger partial charge < -0.3 is 20.3 Å². The van der Waals surface area contributed by atoms with Crippen molar-refractivity contribution in [3.05, 3.63) is 0 Å². The minimum atomic E-state index is -0.930. The van der Waals surface area contributed by atoms with Gasteiger partial charge in [0.15, 0.2) is 0 Å². The smallest absolute Gasteiger partial charge is 0.323 e. The molecule has 0 saturated heterocycles. The van der Waals surface area contributed by atoms with Crippen LogP contribution in [0.5, 0.6) is 0 Å². The third-order valence-electron chi connectivity index (χ3n) is 3.19. The summed E-state index contributed by atoms with van der Waals surface area (Å²) in [5.74, 6) is -0.930. The van der Waals surface area contributed by atoms with Crippen molar-refractivity contribution in [2.24, 2.45) is 5.41 Å². The van der Waals surface area contributed by atoms with Crippen LogP contribution in [0.3, 0.4) is 0 Å². The Bertz CT molecular complexity index is 196. The fourth-order valence-electron chi connectivity index (χ4n) is 1.50. The molecular weight excluding hydrogens is 210 g/mol. The summed E-state index contributed by atoms with van der Waals surface area (Å²) >= 11 is 0. The van der Waals surface area contributed by atoms with Gasteiger partial charge in [-0.25, -0.2) is 0 Å². The first-order valence-corrected chi connectivity index (χ1v) is 5.61. The molecule has 0 spiro atoms. The predicted molar refractivity (Wildman–Crippen MR) is 61.4 cm³/mol. The topological polar surface area (TPSA) is 78.8 Å². The number of rotatable bonds is 9. The number of carboxylic acid groups (broad SMARTS) is 1. The van der Waals surface area contributed by atoms with Gasteiger partial charge >= 0.3 is 5.97 Å². The highest BCUT2D eigenvalue weighted by molar-refractivity contribution is 5.73. The molecule has 0 aliphatic rings. The Morgan fingerprint density at radius 2 is 2.00 bits per heavy atom. The number of carboxylic acids is 1. The van der Waals surface area contributed by atoms with E-state index in [2.05, 4.69) is 5.32 Å². The lowest BCUT2D eigenvalue weighted by atomic mass is 9.83. The van der Waals surface area contributed by atoms with Crippen molar-refractivity contribution in [2.45, 2.75) is 32.7 Å². The molecule has 0 rings (SSSR count). The number of methoxy groups -OCH3 is 1. The zero-order valence-electron chi connectivity index (χ0n) is 10.3. The van der Waals surface area contributed by atoms with Crippen molar-refractivity contribution in [1.82, 2.24) is 5.32 Å². The summed E-state index contributed by atoms with van der Waals surface area (Å²) in [7, 11) is 1.47. The highest BCUT2D eigenvalue weighted by Gasteiger charge is 2.27. The molecule has 0 fully saturated rings. The second-order valence-electron chi connectivity index (χ2n) is 4.09. The molecule has 0 aliphatic carbocycles. The van der Waals surface area contributed by atoms with Crippen LogP contribution in [0.2, 0.25) is 0 Å². The Kier molecular flexibility index (Phi) is 7.29. The molecule has 1 atom stereocenters. The molecule has 0 heterocycles. The quantitative estimate of drug-likeness (QED) is 0.539. The van der Waals surface area contributed by atoms with Crippen molar-refractivity contribution in [3.8, 4) is 0 Å². The van der Waals surface area contributed by atoms with Gasteiger partial charge in [-0.3, -0.25) is 4.79 Å². The molecule has 1 unspecified atom stereocenters. The number of aliphatic hydroxyl groups is 1. The minimum Gasteiger partial charge on any atom is -0.480 e. The van der Waals surface area contributed by atoms with E-state index in [-0.39, 0.29) is 18.6 Å². The van der Waals surface area contributed by atoms with E-state index in [4.69, 9.17) is 9.84 Å². The van der Waals surface area contributed by atoms with Gasteiger partial charge in [-0.2, -0.15) is 0 Å². The van der Waals surface area contributed by atoms with Gasteiger partial charge in [0.05, 0.1) is 6.61 Å². The summed E-state index contributed by atoms with van der Waals surface area (Å²) in [4.78, 5) is 10.9. The second kappa shape index (κ2) is 7.60. The van der Waals surface area contributed by atoms with Crippen LogP contribution >= 0.6 is 0 Å². The molecule has 0 aliphatic heterocycles. The number of carbonyl (C=O) groups is 1. The molecule has 0 radical (unpaired) electrons. The van der Waals surface area contributed by atoms with Gasteiger partial charge in [-0.05, 0) is 12.8 Å². The highest BCUT2D eigenvalue weighted by atomic mass is 16.5. The van der Waals surface area contributed by atoms with Gasteiger partial charge in [-0.15, -0.1) is 0 Å². The normalized spacial score (nSPS) is 13.8. The summed E-state index contributed by atoms with van der Waals surface area (Å²) in [5.41, 5.74) is -0.235. The van der Waals surface area contributed by atoms with Gasteiger partial charge in [0.1, 0.15) is 6.04 Å². The SMILES string of the molecule is CCC(CC)(CO)CNC(COC)C(=O)O. The van der Waals surface area contributed by atoms with Gasteiger partial charge in [0.25, 0.3) is 0 Å². The van der Waals surface area contributed by atoms with E-state index < -0.39 is 12.0 Å². The fraction of sp³-hybridized carbons (Fsp3) is 0.909. The maximum absolute atomic E-state index is 10.9. The van der Waals surface area contributed by atoms with Crippen LogP contribution in [0.15, 0.2) is 0 Å². The molecule has 3 N–H and O–H groups in total. The molecular formula is C11H23NO4. The number of ether oxygens (including phenoxy) is 1. The van der Waals surface area contributed by atoms with Crippen LogP contribution in [0, 0.1) is 5.41 Å². The van der Waals surface area contributed by atoms with E-state index in [9.17, 15) is 9.90 Å². The molecule has 0 amide bonds. The molecule has 0 aromatic carbocycles. The molecule has 0 aromatic rings. The molecule has 96 valence electrons. The monoisotopic (exact) mass is 233 g/mol. The van der Waals surface area contributed by atoms with Crippen LogP contribution in [0.4, 0.5) is 0 Å². The number of hydrogen-bond acceptors (Lipinski definition) is 4. The maximum Gasteiger partial charge on any atom is 0.323 e. The Labute approximate surface area is 96.8 Å². The molecule has 0 bridgehead atoms. The van der Waals surface area contributed by atoms with Gasteiger partial charge in [0, 0.05) is 25.7 Å². The van der Waals surface area contributed by atoms with E-state index in [1.54, 1.807) is 0 Å². The Morgan fingerprint density at radius 1 is 1.44 bits per heavy atom. The Morgan fingerprint density at radius 3 is 2.31 bits per heavy atom. The van der Waals surface area contributed by atoms with Crippen LogP contribution in [0.25, 0.3) is 0 Å². The molecule has 16 heavy (non-hydrogen) atoms. The van der Waals surface area contributed by atoms with Crippen LogP contribution in [-0.2, 0) is 9.53 Å². The first-order chi connectivity index (χ1) is 7.55. The number of aliphatic hydroxyl groups excluding tert-OH is 1. The standard InChI is InChI=1S/C11H23NO4/c1-4-11(5-2,8-13)7-12-9(6-16-3)10(14)15/h9,12-13H,4-8H2,1-3H3,(H,14,15). The minimum absolute atomic E-state index is 0.0618. The largest absolute Gasteiger partial charge is 0.480 e. The summed E-state index contributed by atoms with van der Waals surface area (Å²) in [6.45, 7) is 4.66. The average molecular weight is 233 g/mol. The molecule has 5 heteroatoms. The van der Waals surface area contributed by atoms with E-state index in [0.717, 1.165) is 12.8 Å². The first kappa shape index (κ1) is 15.3. The molecule has 5 nitrogen and oxygen atoms in total. The van der Waals surface area contributed by atoms with E-state index in [1.165, 1.54) is 7.11 Å². The Balaban J connectivity index is 4.30. The van der Waals surface area contributed by atoms with Gasteiger partial charge in [-0.1, -0.05) is 13.8 Å². The zero-order valence-corrected chi connectivity index (χ0v) is 10.3. The molecule has 0 aromatic heterocycles. The lowest BCUT2D eigenvalue weighted by Gasteiger charge is -2.31. The Hall–Kier alpha value is -0.650. The summed E-state index contributed by atoms with van der Waals surface area (Å²) in [6.07, 6.45) is 1.62. The number of hydrogen-bond donors (Lipinski definition) is 3. The lowest BCUT2D eigenvalue weighted by Crippen LogP contribution is -2.46. The van der Waals surface area contributed by atoms with Crippen LogP contribution in [-0.4, -0.2) is 49.1 Å². The van der Waals surface area contributed by atoms with E-state index in [0.29, 0.717) is 6.54 Å².